The zero-order valence-corrected chi connectivity index (χ0v) is 12.2. The van der Waals surface area contributed by atoms with Crippen LogP contribution in [0.2, 0.25) is 0 Å². The maximum Gasteiger partial charge on any atom is 0.309 e. The van der Waals surface area contributed by atoms with Crippen LogP contribution in [-0.2, 0) is 19.6 Å². The Morgan fingerprint density at radius 3 is 2.78 bits per heavy atom. The first-order valence-corrected chi connectivity index (χ1v) is 8.46. The second-order valence-electron chi connectivity index (χ2n) is 3.68. The number of carbonyl (C=O) groups excluding carboxylic acids is 1. The molecule has 0 aliphatic heterocycles. The largest absolute Gasteiger partial charge is 0.465 e. The molecule has 0 heterocycles. The fraction of sp³-hybridized carbons (Fsp3) is 0.800. The van der Waals surface area contributed by atoms with Gasteiger partial charge in [-0.15, -0.1) is 0 Å². The maximum atomic E-state index is 11.4. The molecule has 1 unspecified atom stereocenters. The number of esters is 1. The molecule has 0 spiro atoms. The summed E-state index contributed by atoms with van der Waals surface area (Å²) in [5, 5.41) is 8.58. The first-order valence-electron chi connectivity index (χ1n) is 5.46. The maximum absolute atomic E-state index is 11.4. The normalized spacial score (nSPS) is 13.7. The van der Waals surface area contributed by atoms with Gasteiger partial charge in [0.15, 0.2) is 0 Å². The smallest absolute Gasteiger partial charge is 0.309 e. The first kappa shape index (κ1) is 17.4. The fourth-order valence-electron chi connectivity index (χ4n) is 0.935. The molecule has 0 aliphatic carbocycles. The lowest BCUT2D eigenvalue weighted by Gasteiger charge is -2.09. The molecule has 0 aromatic heterocycles. The summed E-state index contributed by atoms with van der Waals surface area (Å²) in [4.78, 5) is 11.4. The molecular weight excluding hydrogens is 278 g/mol. The van der Waals surface area contributed by atoms with Crippen molar-refractivity contribution in [3.8, 4) is 0 Å². The summed E-state index contributed by atoms with van der Waals surface area (Å²) in [5.41, 5.74) is 0. The average molecular weight is 297 g/mol. The van der Waals surface area contributed by atoms with Crippen LogP contribution >= 0.6 is 11.8 Å². The molecule has 0 radical (unpaired) electrons. The Labute approximate surface area is 112 Å². The van der Waals surface area contributed by atoms with Crippen LogP contribution in [0.25, 0.3) is 0 Å². The second kappa shape index (κ2) is 9.35. The van der Waals surface area contributed by atoms with E-state index in [0.717, 1.165) is 6.26 Å². The third-order valence-electron chi connectivity index (χ3n) is 1.76. The highest BCUT2D eigenvalue weighted by atomic mass is 32.2. The number of thioether (sulfide) groups is 1. The van der Waals surface area contributed by atoms with E-state index in [0.29, 0.717) is 11.5 Å². The third kappa shape index (κ3) is 10.5. The number of hydrogen-bond acceptors (Lipinski definition) is 6. The van der Waals surface area contributed by atoms with Crippen molar-refractivity contribution in [3.63, 3.8) is 0 Å². The zero-order chi connectivity index (χ0) is 14.0. The molecule has 6 nitrogen and oxygen atoms in total. The summed E-state index contributed by atoms with van der Waals surface area (Å²) in [6.07, 6.45) is 2.49. The molecule has 8 heteroatoms. The molecule has 0 bridgehead atoms. The van der Waals surface area contributed by atoms with Crippen molar-refractivity contribution in [1.82, 2.24) is 0 Å². The van der Waals surface area contributed by atoms with Crippen LogP contribution in [0.5, 0.6) is 0 Å². The van der Waals surface area contributed by atoms with E-state index in [1.165, 1.54) is 18.0 Å². The van der Waals surface area contributed by atoms with Crippen LogP contribution in [0.3, 0.4) is 0 Å². The number of nitrogens with zero attached hydrogens (tertiary/aromatic N) is 1. The quantitative estimate of drug-likeness (QED) is 0.374. The molecule has 1 N–H and O–H groups in total. The Hall–Kier alpha value is -0.600. The van der Waals surface area contributed by atoms with E-state index >= 15 is 0 Å². The lowest BCUT2D eigenvalue weighted by molar-refractivity contribution is -0.146. The predicted octanol–water partition coefficient (Wildman–Crippen LogP) is 0.312. The Balaban J connectivity index is 3.73. The minimum Gasteiger partial charge on any atom is -0.465 e. The van der Waals surface area contributed by atoms with E-state index in [1.807, 2.05) is 0 Å². The summed E-state index contributed by atoms with van der Waals surface area (Å²) in [6.45, 7) is 1.96. The summed E-state index contributed by atoms with van der Waals surface area (Å²) in [6, 6.07) is 0. The minimum atomic E-state index is -3.35. The molecule has 106 valence electrons. The Bertz CT molecular complexity index is 366. The van der Waals surface area contributed by atoms with Gasteiger partial charge in [0.1, 0.15) is 0 Å². The molecule has 0 aromatic rings. The van der Waals surface area contributed by atoms with Gasteiger partial charge in [0, 0.05) is 24.1 Å². The molecule has 0 saturated heterocycles. The summed E-state index contributed by atoms with van der Waals surface area (Å²) >= 11 is 1.48. The van der Waals surface area contributed by atoms with Gasteiger partial charge in [-0.3, -0.25) is 4.79 Å². The van der Waals surface area contributed by atoms with E-state index in [2.05, 4.69) is 4.40 Å². The van der Waals surface area contributed by atoms with Gasteiger partial charge in [0.05, 0.1) is 25.4 Å². The summed E-state index contributed by atoms with van der Waals surface area (Å²) in [7, 11) is -3.35. The highest BCUT2D eigenvalue weighted by Crippen LogP contribution is 2.09. The third-order valence-corrected chi connectivity index (χ3v) is 3.50. The van der Waals surface area contributed by atoms with E-state index in [9.17, 15) is 13.2 Å². The molecule has 1 atom stereocenters. The van der Waals surface area contributed by atoms with E-state index in [4.69, 9.17) is 9.84 Å². The van der Waals surface area contributed by atoms with Gasteiger partial charge in [-0.2, -0.15) is 16.2 Å². The Morgan fingerprint density at radius 2 is 2.22 bits per heavy atom. The predicted molar refractivity (Wildman–Crippen MR) is 72.5 cm³/mol. The lowest BCUT2D eigenvalue weighted by Crippen LogP contribution is -2.18. The Kier molecular flexibility index (Phi) is 9.03. The minimum absolute atomic E-state index is 0.0917. The topological polar surface area (TPSA) is 93.0 Å². The number of ether oxygens (including phenoxy) is 1. The molecular formula is C10H19NO5S2. The van der Waals surface area contributed by atoms with Crippen molar-refractivity contribution in [2.45, 2.75) is 13.3 Å². The van der Waals surface area contributed by atoms with Crippen molar-refractivity contribution in [2.24, 2.45) is 10.3 Å². The molecule has 0 fully saturated rings. The number of sulfonamides is 1. The highest BCUT2D eigenvalue weighted by molar-refractivity contribution is 7.99. The molecule has 0 aromatic carbocycles. The highest BCUT2D eigenvalue weighted by Gasteiger charge is 2.13. The Morgan fingerprint density at radius 1 is 1.56 bits per heavy atom. The lowest BCUT2D eigenvalue weighted by atomic mass is 10.2. The van der Waals surface area contributed by atoms with E-state index in [1.54, 1.807) is 6.92 Å². The second-order valence-corrected chi connectivity index (χ2v) is 6.50. The van der Waals surface area contributed by atoms with Gasteiger partial charge in [0.2, 0.25) is 10.0 Å². The molecule has 0 rings (SSSR count). The molecule has 0 aliphatic rings. The number of aliphatic hydroxyl groups is 1. The van der Waals surface area contributed by atoms with Gasteiger partial charge < -0.3 is 9.84 Å². The first-order chi connectivity index (χ1) is 8.37. The number of carbonyl (C=O) groups is 1. The average Bonchev–Trinajstić information content (AvgIpc) is 2.27. The summed E-state index contributed by atoms with van der Waals surface area (Å²) in [5.74, 6) is 0.622. The van der Waals surface area contributed by atoms with Crippen molar-refractivity contribution in [3.05, 3.63) is 0 Å². The fourth-order valence-corrected chi connectivity index (χ4v) is 2.10. The molecule has 18 heavy (non-hydrogen) atoms. The molecule has 0 saturated carbocycles. The van der Waals surface area contributed by atoms with Crippen LogP contribution in [-0.4, -0.2) is 56.7 Å². The zero-order valence-electron chi connectivity index (χ0n) is 10.5. The van der Waals surface area contributed by atoms with Crippen LogP contribution in [0, 0.1) is 5.92 Å². The van der Waals surface area contributed by atoms with Crippen molar-refractivity contribution >= 4 is 34.0 Å². The van der Waals surface area contributed by atoms with Crippen molar-refractivity contribution < 1.29 is 23.1 Å². The van der Waals surface area contributed by atoms with Gasteiger partial charge in [0.25, 0.3) is 0 Å². The number of aliphatic hydroxyl groups excluding tert-OH is 1. The van der Waals surface area contributed by atoms with Crippen LogP contribution in [0.15, 0.2) is 4.40 Å². The molecule has 0 amide bonds. The van der Waals surface area contributed by atoms with Crippen molar-refractivity contribution in [1.29, 1.82) is 0 Å². The van der Waals surface area contributed by atoms with Crippen LogP contribution < -0.4 is 0 Å². The van der Waals surface area contributed by atoms with Crippen LogP contribution in [0.1, 0.15) is 13.3 Å². The van der Waals surface area contributed by atoms with Gasteiger partial charge in [-0.25, -0.2) is 8.42 Å². The van der Waals surface area contributed by atoms with E-state index in [-0.39, 0.29) is 31.5 Å². The van der Waals surface area contributed by atoms with Gasteiger partial charge in [-0.1, -0.05) is 6.92 Å². The van der Waals surface area contributed by atoms with E-state index < -0.39 is 10.0 Å². The van der Waals surface area contributed by atoms with Crippen LogP contribution in [0.4, 0.5) is 0 Å². The van der Waals surface area contributed by atoms with Crippen molar-refractivity contribution in [2.75, 3.05) is 31.0 Å². The standard InChI is InChI=1S/C10H19NO5S2/c1-9(8-17-7-5-12)10(13)16-6-3-4-11-18(2,14)15/h4,9,12H,3,5-8H2,1-2H3/b11-4+. The number of hydrogen-bond donors (Lipinski definition) is 1. The van der Waals surface area contributed by atoms with Gasteiger partial charge >= 0.3 is 5.97 Å². The van der Waals surface area contributed by atoms with Gasteiger partial charge in [-0.05, 0) is 0 Å². The monoisotopic (exact) mass is 297 g/mol. The number of rotatable bonds is 9. The SMILES string of the molecule is CC(CSCCO)C(=O)OCC/C=N/S(C)(=O)=O. The summed E-state index contributed by atoms with van der Waals surface area (Å²) < 4.78 is 29.5.